The van der Waals surface area contributed by atoms with Crippen molar-refractivity contribution in [3.8, 4) is 5.75 Å². The van der Waals surface area contributed by atoms with Crippen molar-refractivity contribution in [3.63, 3.8) is 0 Å². The molecular weight excluding hydrogens is 247 g/mol. The zero-order valence-corrected chi connectivity index (χ0v) is 11.5. The van der Waals surface area contributed by atoms with Crippen molar-refractivity contribution in [2.24, 2.45) is 0 Å². The summed E-state index contributed by atoms with van der Waals surface area (Å²) in [7, 11) is 0. The Hall–Kier alpha value is -1.62. The van der Waals surface area contributed by atoms with Gasteiger partial charge in [0.25, 0.3) is 0 Å². The SMILES string of the molecule is CCNCc1cccc(F)c1OCCC(=O)NCC. The topological polar surface area (TPSA) is 50.4 Å². The van der Waals surface area contributed by atoms with Crippen LogP contribution in [0.5, 0.6) is 5.75 Å². The van der Waals surface area contributed by atoms with Gasteiger partial charge in [-0.25, -0.2) is 4.39 Å². The summed E-state index contributed by atoms with van der Waals surface area (Å²) in [5, 5.41) is 5.80. The zero-order valence-electron chi connectivity index (χ0n) is 11.5. The van der Waals surface area contributed by atoms with E-state index in [4.69, 9.17) is 4.74 Å². The fourth-order valence-electron chi connectivity index (χ4n) is 1.65. The van der Waals surface area contributed by atoms with Crippen molar-refractivity contribution in [1.82, 2.24) is 10.6 Å². The molecule has 0 aromatic heterocycles. The molecule has 0 unspecified atom stereocenters. The number of carbonyl (C=O) groups is 1. The summed E-state index contributed by atoms with van der Waals surface area (Å²) >= 11 is 0. The highest BCUT2D eigenvalue weighted by Crippen LogP contribution is 2.22. The Morgan fingerprint density at radius 1 is 1.32 bits per heavy atom. The van der Waals surface area contributed by atoms with Crippen LogP contribution in [0.15, 0.2) is 18.2 Å². The van der Waals surface area contributed by atoms with Gasteiger partial charge in [-0.05, 0) is 19.5 Å². The minimum Gasteiger partial charge on any atom is -0.490 e. The van der Waals surface area contributed by atoms with Crippen LogP contribution in [0, 0.1) is 5.82 Å². The molecule has 0 spiro atoms. The largest absolute Gasteiger partial charge is 0.490 e. The van der Waals surface area contributed by atoms with Crippen LogP contribution in [0.3, 0.4) is 0 Å². The molecule has 1 aromatic rings. The Labute approximate surface area is 113 Å². The number of nitrogens with one attached hydrogen (secondary N) is 2. The Kier molecular flexibility index (Phi) is 6.89. The Balaban J connectivity index is 2.58. The summed E-state index contributed by atoms with van der Waals surface area (Å²) in [6, 6.07) is 4.82. The van der Waals surface area contributed by atoms with E-state index in [0.717, 1.165) is 12.1 Å². The zero-order chi connectivity index (χ0) is 14.1. The van der Waals surface area contributed by atoms with Gasteiger partial charge in [0.1, 0.15) is 0 Å². The Morgan fingerprint density at radius 3 is 2.79 bits per heavy atom. The van der Waals surface area contributed by atoms with E-state index in [1.165, 1.54) is 6.07 Å². The molecule has 0 aliphatic heterocycles. The second kappa shape index (κ2) is 8.48. The number of hydrogen-bond acceptors (Lipinski definition) is 3. The van der Waals surface area contributed by atoms with Crippen LogP contribution in [0.25, 0.3) is 0 Å². The minimum absolute atomic E-state index is 0.0907. The van der Waals surface area contributed by atoms with Crippen molar-refractivity contribution < 1.29 is 13.9 Å². The number of ether oxygens (including phenoxy) is 1. The summed E-state index contributed by atoms with van der Waals surface area (Å²) in [5.74, 6) is -0.258. The lowest BCUT2D eigenvalue weighted by molar-refractivity contribution is -0.121. The lowest BCUT2D eigenvalue weighted by Gasteiger charge is -2.12. The smallest absolute Gasteiger partial charge is 0.223 e. The lowest BCUT2D eigenvalue weighted by Crippen LogP contribution is -2.24. The molecule has 0 bridgehead atoms. The molecule has 19 heavy (non-hydrogen) atoms. The van der Waals surface area contributed by atoms with Gasteiger partial charge >= 0.3 is 0 Å². The van der Waals surface area contributed by atoms with Crippen LogP contribution in [0.1, 0.15) is 25.8 Å². The first-order valence-corrected chi connectivity index (χ1v) is 6.56. The van der Waals surface area contributed by atoms with Crippen LogP contribution in [-0.4, -0.2) is 25.6 Å². The number of amides is 1. The van der Waals surface area contributed by atoms with E-state index in [9.17, 15) is 9.18 Å². The summed E-state index contributed by atoms with van der Waals surface area (Å²) in [4.78, 5) is 11.3. The number of halogens is 1. The minimum atomic E-state index is -0.397. The fraction of sp³-hybridized carbons (Fsp3) is 0.500. The van der Waals surface area contributed by atoms with Crippen LogP contribution in [0.2, 0.25) is 0 Å². The molecule has 4 nitrogen and oxygen atoms in total. The molecule has 2 N–H and O–H groups in total. The maximum Gasteiger partial charge on any atom is 0.223 e. The van der Waals surface area contributed by atoms with Crippen molar-refractivity contribution in [1.29, 1.82) is 0 Å². The van der Waals surface area contributed by atoms with Crippen LogP contribution in [-0.2, 0) is 11.3 Å². The molecule has 0 heterocycles. The molecule has 0 aliphatic rings. The van der Waals surface area contributed by atoms with Gasteiger partial charge in [-0.2, -0.15) is 0 Å². The molecule has 0 radical (unpaired) electrons. The first-order chi connectivity index (χ1) is 9.19. The van der Waals surface area contributed by atoms with E-state index in [-0.39, 0.29) is 24.7 Å². The normalized spacial score (nSPS) is 10.3. The van der Waals surface area contributed by atoms with Gasteiger partial charge in [0.2, 0.25) is 5.91 Å². The molecule has 0 atom stereocenters. The fourth-order valence-corrected chi connectivity index (χ4v) is 1.65. The van der Waals surface area contributed by atoms with Gasteiger partial charge in [0.15, 0.2) is 11.6 Å². The standard InChI is InChI=1S/C14H21FN2O2/c1-3-16-10-11-6-5-7-12(15)14(11)19-9-8-13(18)17-4-2/h5-7,16H,3-4,8-10H2,1-2H3,(H,17,18). The highest BCUT2D eigenvalue weighted by molar-refractivity contribution is 5.75. The first-order valence-electron chi connectivity index (χ1n) is 6.56. The average molecular weight is 268 g/mol. The third kappa shape index (κ3) is 5.26. The van der Waals surface area contributed by atoms with E-state index >= 15 is 0 Å². The molecule has 0 saturated heterocycles. The predicted octanol–water partition coefficient (Wildman–Crippen LogP) is 1.84. The predicted molar refractivity (Wildman–Crippen MR) is 72.6 cm³/mol. The number of carbonyl (C=O) groups excluding carboxylic acids is 1. The number of hydrogen-bond donors (Lipinski definition) is 2. The summed E-state index contributed by atoms with van der Waals surface area (Å²) in [5.41, 5.74) is 0.762. The molecule has 1 amide bonds. The quantitative estimate of drug-likeness (QED) is 0.756. The monoisotopic (exact) mass is 268 g/mol. The van der Waals surface area contributed by atoms with Crippen molar-refractivity contribution in [2.75, 3.05) is 19.7 Å². The third-order valence-corrected chi connectivity index (χ3v) is 2.56. The lowest BCUT2D eigenvalue weighted by atomic mass is 10.2. The number of benzene rings is 1. The van der Waals surface area contributed by atoms with E-state index in [1.807, 2.05) is 19.9 Å². The third-order valence-electron chi connectivity index (χ3n) is 2.56. The Bertz CT molecular complexity index is 410. The van der Waals surface area contributed by atoms with Gasteiger partial charge in [-0.15, -0.1) is 0 Å². The number of rotatable bonds is 8. The van der Waals surface area contributed by atoms with Crippen molar-refractivity contribution in [2.45, 2.75) is 26.8 Å². The van der Waals surface area contributed by atoms with Crippen LogP contribution < -0.4 is 15.4 Å². The molecule has 0 fully saturated rings. The molecule has 1 aromatic carbocycles. The summed E-state index contributed by atoms with van der Waals surface area (Å²) in [6.45, 7) is 5.94. The van der Waals surface area contributed by atoms with E-state index in [1.54, 1.807) is 6.07 Å². The second-order valence-electron chi connectivity index (χ2n) is 4.06. The average Bonchev–Trinajstić information content (AvgIpc) is 2.39. The highest BCUT2D eigenvalue weighted by Gasteiger charge is 2.10. The summed E-state index contributed by atoms with van der Waals surface area (Å²) < 4.78 is 19.1. The van der Waals surface area contributed by atoms with Gasteiger partial charge < -0.3 is 15.4 Å². The number of para-hydroxylation sites is 1. The Morgan fingerprint density at radius 2 is 2.11 bits per heavy atom. The van der Waals surface area contributed by atoms with Gasteiger partial charge in [0, 0.05) is 18.7 Å². The van der Waals surface area contributed by atoms with Crippen LogP contribution >= 0.6 is 0 Å². The maximum absolute atomic E-state index is 13.7. The van der Waals surface area contributed by atoms with E-state index in [2.05, 4.69) is 10.6 Å². The molecular formula is C14H21FN2O2. The molecule has 1 rings (SSSR count). The second-order valence-corrected chi connectivity index (χ2v) is 4.06. The van der Waals surface area contributed by atoms with Crippen LogP contribution in [0.4, 0.5) is 4.39 Å². The molecule has 0 saturated carbocycles. The highest BCUT2D eigenvalue weighted by atomic mass is 19.1. The maximum atomic E-state index is 13.7. The van der Waals surface area contributed by atoms with E-state index in [0.29, 0.717) is 13.1 Å². The van der Waals surface area contributed by atoms with Crippen molar-refractivity contribution >= 4 is 5.91 Å². The summed E-state index contributed by atoms with van der Waals surface area (Å²) in [6.07, 6.45) is 0.225. The van der Waals surface area contributed by atoms with Gasteiger partial charge in [-0.3, -0.25) is 4.79 Å². The molecule has 5 heteroatoms. The van der Waals surface area contributed by atoms with E-state index < -0.39 is 5.82 Å². The van der Waals surface area contributed by atoms with Crippen molar-refractivity contribution in [3.05, 3.63) is 29.6 Å². The molecule has 0 aliphatic carbocycles. The van der Waals surface area contributed by atoms with Gasteiger partial charge in [-0.1, -0.05) is 19.1 Å². The van der Waals surface area contributed by atoms with Gasteiger partial charge in [0.05, 0.1) is 13.0 Å². The molecule has 106 valence electrons. The first kappa shape index (κ1) is 15.4.